The maximum Gasteiger partial charge on any atom is 0.302 e. The summed E-state index contributed by atoms with van der Waals surface area (Å²) in [6, 6.07) is 0. The molecule has 1 fully saturated rings. The minimum Gasteiger partial charge on any atom is -0.460 e. The summed E-state index contributed by atoms with van der Waals surface area (Å²) in [6.45, 7) is 1.27. The summed E-state index contributed by atoms with van der Waals surface area (Å²) in [5, 5.41) is 0.227. The van der Waals surface area contributed by atoms with Gasteiger partial charge in [0.25, 0.3) is 0 Å². The molecule has 0 heterocycles. The number of carbonyl (C=O) groups excluding carboxylic acids is 1. The van der Waals surface area contributed by atoms with Crippen LogP contribution < -0.4 is 0 Å². The lowest BCUT2D eigenvalue weighted by Gasteiger charge is -2.40. The molecule has 0 aromatic heterocycles. The Bertz CT molecular complexity index is 462. The van der Waals surface area contributed by atoms with Crippen molar-refractivity contribution in [2.24, 2.45) is 0 Å². The van der Waals surface area contributed by atoms with Gasteiger partial charge >= 0.3 is 5.97 Å². The highest BCUT2D eigenvalue weighted by Gasteiger charge is 2.82. The van der Waals surface area contributed by atoms with Crippen LogP contribution >= 0.6 is 46.4 Å². The van der Waals surface area contributed by atoms with Crippen LogP contribution in [0, 0.1) is 0 Å². The number of halogens is 4. The number of alkyl halides is 2. The smallest absolute Gasteiger partial charge is 0.302 e. The van der Waals surface area contributed by atoms with Crippen LogP contribution in [0.5, 0.6) is 0 Å². The molecule has 2 rings (SSSR count). The fourth-order valence-electron chi connectivity index (χ4n) is 2.91. The van der Waals surface area contributed by atoms with Crippen molar-refractivity contribution in [3.63, 3.8) is 0 Å². The van der Waals surface area contributed by atoms with E-state index in [1.807, 2.05) is 0 Å². The summed E-state index contributed by atoms with van der Waals surface area (Å²) in [7, 11) is 2.77. The van der Waals surface area contributed by atoms with Gasteiger partial charge in [0.15, 0.2) is 4.87 Å². The van der Waals surface area contributed by atoms with Crippen LogP contribution in [0.2, 0.25) is 0 Å². The van der Waals surface area contributed by atoms with Crippen molar-refractivity contribution in [1.82, 2.24) is 0 Å². The molecule has 0 unspecified atom stereocenters. The van der Waals surface area contributed by atoms with E-state index in [1.54, 1.807) is 0 Å². The normalized spacial score (nSPS) is 39.8. The van der Waals surface area contributed by atoms with E-state index in [2.05, 4.69) is 0 Å². The Morgan fingerprint density at radius 3 is 2.11 bits per heavy atom. The number of hydrogen-bond donors (Lipinski definition) is 0. The van der Waals surface area contributed by atoms with Crippen LogP contribution in [0.3, 0.4) is 0 Å². The van der Waals surface area contributed by atoms with Crippen LogP contribution in [-0.4, -0.2) is 41.8 Å². The van der Waals surface area contributed by atoms with Crippen molar-refractivity contribution in [3.8, 4) is 0 Å². The van der Waals surface area contributed by atoms with Crippen molar-refractivity contribution in [2.45, 2.75) is 35.0 Å². The Balaban J connectivity index is 2.61. The van der Waals surface area contributed by atoms with Gasteiger partial charge in [0.1, 0.15) is 11.0 Å². The predicted molar refractivity (Wildman–Crippen MR) is 72.8 cm³/mol. The second-order valence-electron chi connectivity index (χ2n) is 4.47. The predicted octanol–water partition coefficient (Wildman–Crippen LogP) is 2.97. The molecule has 19 heavy (non-hydrogen) atoms. The molecule has 2 aliphatic carbocycles. The maximum atomic E-state index is 11.2. The van der Waals surface area contributed by atoms with E-state index in [0.29, 0.717) is 0 Å². The van der Waals surface area contributed by atoms with Crippen LogP contribution in [0.25, 0.3) is 0 Å². The number of rotatable bonds is 3. The Kier molecular flexibility index (Phi) is 3.84. The zero-order chi connectivity index (χ0) is 14.6. The molecule has 0 spiro atoms. The van der Waals surface area contributed by atoms with Crippen molar-refractivity contribution < 1.29 is 19.0 Å². The molecule has 3 atom stereocenters. The highest BCUT2D eigenvalue weighted by molar-refractivity contribution is 6.52. The largest absolute Gasteiger partial charge is 0.460 e. The van der Waals surface area contributed by atoms with E-state index < -0.39 is 27.6 Å². The lowest BCUT2D eigenvalue weighted by atomic mass is 10.0. The first-order valence-electron chi connectivity index (χ1n) is 5.43. The van der Waals surface area contributed by atoms with Crippen LogP contribution in [-0.2, 0) is 19.0 Å². The summed E-state index contributed by atoms with van der Waals surface area (Å²) in [4.78, 5) is 8.44. The third kappa shape index (κ3) is 1.59. The van der Waals surface area contributed by atoms with E-state index in [1.165, 1.54) is 21.1 Å². The van der Waals surface area contributed by atoms with Crippen LogP contribution in [0.1, 0.15) is 13.3 Å². The lowest BCUT2D eigenvalue weighted by molar-refractivity contribution is -0.222. The molecule has 2 aliphatic rings. The monoisotopic (exact) mass is 348 g/mol. The molecular formula is C11H12Cl4O4. The summed E-state index contributed by atoms with van der Waals surface area (Å²) in [6.07, 6.45) is -0.645. The van der Waals surface area contributed by atoms with Crippen molar-refractivity contribution in [2.75, 3.05) is 14.2 Å². The quantitative estimate of drug-likeness (QED) is 0.446. The van der Waals surface area contributed by atoms with Gasteiger partial charge in [-0.3, -0.25) is 4.79 Å². The Labute approximate surface area is 130 Å². The molecule has 108 valence electrons. The van der Waals surface area contributed by atoms with E-state index in [0.717, 1.165) is 0 Å². The first-order valence-corrected chi connectivity index (χ1v) is 6.94. The van der Waals surface area contributed by atoms with Gasteiger partial charge in [-0.15, -0.1) is 23.2 Å². The van der Waals surface area contributed by atoms with E-state index in [-0.39, 0.29) is 16.5 Å². The van der Waals surface area contributed by atoms with Crippen molar-refractivity contribution >= 4 is 52.4 Å². The lowest BCUT2D eigenvalue weighted by Crippen LogP contribution is -2.58. The number of esters is 1. The molecule has 0 saturated heterocycles. The van der Waals surface area contributed by atoms with E-state index in [9.17, 15) is 4.79 Å². The van der Waals surface area contributed by atoms with Gasteiger partial charge in [-0.2, -0.15) is 0 Å². The first-order chi connectivity index (χ1) is 8.71. The van der Waals surface area contributed by atoms with Gasteiger partial charge in [0.05, 0.1) is 10.1 Å². The second-order valence-corrected chi connectivity index (χ2v) is 6.47. The fraction of sp³-hybridized carbons (Fsp3) is 0.727. The van der Waals surface area contributed by atoms with Crippen molar-refractivity contribution in [1.29, 1.82) is 0 Å². The molecule has 0 amide bonds. The summed E-state index contributed by atoms with van der Waals surface area (Å²) in [5.74, 6) is -2.00. The number of fused-ring (bicyclic) bond motifs is 2. The molecular weight excluding hydrogens is 338 g/mol. The SMILES string of the molecule is COC1(OC)[C@@]2(Cl)C(Cl)=C(Cl)[C@@]1(Cl)C[C@@H]2OC(C)=O. The average Bonchev–Trinajstić information content (AvgIpc) is 2.60. The number of methoxy groups -OCH3 is 2. The van der Waals surface area contributed by atoms with Gasteiger partial charge in [-0.1, -0.05) is 23.2 Å². The highest BCUT2D eigenvalue weighted by atomic mass is 35.5. The minimum atomic E-state index is -1.50. The number of carbonyl (C=O) groups is 1. The fourth-order valence-corrected chi connectivity index (χ4v) is 4.88. The minimum absolute atomic E-state index is 0.0760. The van der Waals surface area contributed by atoms with E-state index in [4.69, 9.17) is 60.6 Å². The topological polar surface area (TPSA) is 44.8 Å². The van der Waals surface area contributed by atoms with Gasteiger partial charge < -0.3 is 14.2 Å². The molecule has 0 radical (unpaired) electrons. The third-order valence-electron chi connectivity index (χ3n) is 3.65. The highest BCUT2D eigenvalue weighted by Crippen LogP contribution is 2.70. The molecule has 1 saturated carbocycles. The standard InChI is InChI=1S/C11H12Cl4O4/c1-5(16)19-6-4-9(14)7(12)8(13)10(6,15)11(9,17-2)18-3/h6H,4H2,1-3H3/t6-,9-,10-/m0/s1. The molecule has 0 aromatic rings. The summed E-state index contributed by atoms with van der Waals surface area (Å²) >= 11 is 25.5. The molecule has 0 aromatic carbocycles. The first kappa shape index (κ1) is 15.7. The molecule has 8 heteroatoms. The number of ether oxygens (including phenoxy) is 3. The average molecular weight is 350 g/mol. The maximum absolute atomic E-state index is 11.2. The van der Waals surface area contributed by atoms with Crippen molar-refractivity contribution in [3.05, 3.63) is 10.1 Å². The zero-order valence-electron chi connectivity index (χ0n) is 10.4. The summed E-state index contributed by atoms with van der Waals surface area (Å²) < 4.78 is 16.0. The zero-order valence-corrected chi connectivity index (χ0v) is 13.5. The molecule has 0 N–H and O–H groups in total. The van der Waals surface area contributed by atoms with Gasteiger partial charge in [-0.05, 0) is 0 Å². The van der Waals surface area contributed by atoms with Gasteiger partial charge in [-0.25, -0.2) is 0 Å². The van der Waals surface area contributed by atoms with Crippen LogP contribution in [0.15, 0.2) is 10.1 Å². The van der Waals surface area contributed by atoms with Gasteiger partial charge in [0, 0.05) is 27.6 Å². The molecule has 2 bridgehead atoms. The van der Waals surface area contributed by atoms with E-state index >= 15 is 0 Å². The Hall–Kier alpha value is 0.290. The number of hydrogen-bond acceptors (Lipinski definition) is 4. The second kappa shape index (κ2) is 4.65. The Morgan fingerprint density at radius 1 is 1.21 bits per heavy atom. The Morgan fingerprint density at radius 2 is 1.74 bits per heavy atom. The van der Waals surface area contributed by atoms with Crippen LogP contribution in [0.4, 0.5) is 0 Å². The molecule has 4 nitrogen and oxygen atoms in total. The molecule has 0 aliphatic heterocycles. The summed E-state index contributed by atoms with van der Waals surface area (Å²) in [5.41, 5.74) is 0. The third-order valence-corrected chi connectivity index (χ3v) is 6.22. The van der Waals surface area contributed by atoms with Gasteiger partial charge in [0.2, 0.25) is 5.79 Å².